The van der Waals surface area contributed by atoms with E-state index in [1.165, 1.54) is 19.2 Å². The number of carbonyl (C=O) groups excluding carboxylic acids is 1. The van der Waals surface area contributed by atoms with E-state index in [4.69, 9.17) is 4.74 Å². The number of amides is 1. The second kappa shape index (κ2) is 9.75. The summed E-state index contributed by atoms with van der Waals surface area (Å²) in [7, 11) is 1.42. The summed E-state index contributed by atoms with van der Waals surface area (Å²) in [5.41, 5.74) is 2.30. The van der Waals surface area contributed by atoms with Crippen molar-refractivity contribution in [2.45, 2.75) is 0 Å². The topological polar surface area (TPSA) is 93.5 Å². The zero-order valence-corrected chi connectivity index (χ0v) is 16.2. The van der Waals surface area contributed by atoms with Gasteiger partial charge in [0.05, 0.1) is 24.6 Å². The van der Waals surface area contributed by atoms with Gasteiger partial charge in [-0.25, -0.2) is 0 Å². The largest absolute Gasteiger partial charge is 0.496 e. The Bertz CT molecular complexity index is 1120. The molecule has 0 unspecified atom stereocenters. The zero-order chi connectivity index (χ0) is 21.3. The van der Waals surface area contributed by atoms with Gasteiger partial charge in [0, 0.05) is 16.8 Å². The molecule has 0 aliphatic heterocycles. The third kappa shape index (κ3) is 5.59. The predicted molar refractivity (Wildman–Crippen MR) is 116 cm³/mol. The molecule has 0 heterocycles. The van der Waals surface area contributed by atoms with Gasteiger partial charge in [0.25, 0.3) is 5.69 Å². The molecule has 0 saturated carbocycles. The van der Waals surface area contributed by atoms with E-state index in [1.807, 2.05) is 54.6 Å². The molecular formula is C23H19N3O4. The van der Waals surface area contributed by atoms with E-state index in [-0.39, 0.29) is 17.9 Å². The van der Waals surface area contributed by atoms with Crippen molar-refractivity contribution in [3.63, 3.8) is 0 Å². The highest BCUT2D eigenvalue weighted by Gasteiger charge is 2.17. The van der Waals surface area contributed by atoms with E-state index in [9.17, 15) is 14.9 Å². The minimum absolute atomic E-state index is 0.0568. The van der Waals surface area contributed by atoms with Crippen LogP contribution in [0.2, 0.25) is 0 Å². The Labute approximate surface area is 173 Å². The number of nitro groups is 1. The number of rotatable bonds is 6. The molecule has 0 bridgehead atoms. The summed E-state index contributed by atoms with van der Waals surface area (Å²) in [5.74, 6) is 6.09. The molecule has 0 aliphatic carbocycles. The van der Waals surface area contributed by atoms with Crippen molar-refractivity contribution in [2.24, 2.45) is 0 Å². The van der Waals surface area contributed by atoms with E-state index in [0.717, 1.165) is 11.1 Å². The number of hydrogen-bond acceptors (Lipinski definition) is 5. The van der Waals surface area contributed by atoms with Crippen molar-refractivity contribution in [1.29, 1.82) is 0 Å². The standard InChI is InChI=1S/C23H19N3O4/c1-30-20-12-13-21(22(15-20)26(28)29)25-23(27)16-24-19-9-5-8-18(14-19)11-10-17-6-3-2-4-7-17/h2-9,12-15,24H,16H2,1H3,(H,25,27). The summed E-state index contributed by atoms with van der Waals surface area (Å²) in [5, 5.41) is 16.8. The number of carbonyl (C=O) groups is 1. The molecule has 0 atom stereocenters. The highest BCUT2D eigenvalue weighted by molar-refractivity contribution is 5.95. The lowest BCUT2D eigenvalue weighted by molar-refractivity contribution is -0.384. The SMILES string of the molecule is COc1ccc(NC(=O)CNc2cccc(C#Cc3ccccc3)c2)c([N+](=O)[O-])c1. The molecule has 1 amide bonds. The Morgan fingerprint density at radius 2 is 1.73 bits per heavy atom. The molecule has 7 heteroatoms. The number of nitrogens with zero attached hydrogens (tertiary/aromatic N) is 1. The predicted octanol–water partition coefficient (Wildman–Crippen LogP) is 4.05. The van der Waals surface area contributed by atoms with Crippen LogP contribution < -0.4 is 15.4 Å². The minimum Gasteiger partial charge on any atom is -0.496 e. The molecule has 150 valence electrons. The number of methoxy groups -OCH3 is 1. The van der Waals surface area contributed by atoms with Crippen LogP contribution in [0.5, 0.6) is 5.75 Å². The van der Waals surface area contributed by atoms with Gasteiger partial charge < -0.3 is 15.4 Å². The van der Waals surface area contributed by atoms with E-state index < -0.39 is 10.8 Å². The Morgan fingerprint density at radius 3 is 2.47 bits per heavy atom. The molecular weight excluding hydrogens is 382 g/mol. The summed E-state index contributed by atoms with van der Waals surface area (Å²) in [6.45, 7) is -0.0568. The Kier molecular flexibility index (Phi) is 6.64. The van der Waals surface area contributed by atoms with E-state index in [2.05, 4.69) is 22.5 Å². The first-order valence-electron chi connectivity index (χ1n) is 9.08. The van der Waals surface area contributed by atoms with Crippen molar-refractivity contribution in [1.82, 2.24) is 0 Å². The second-order valence-corrected chi connectivity index (χ2v) is 6.24. The molecule has 3 aromatic rings. The lowest BCUT2D eigenvalue weighted by Gasteiger charge is -2.09. The van der Waals surface area contributed by atoms with Crippen LogP contribution in [0.4, 0.5) is 17.1 Å². The lowest BCUT2D eigenvalue weighted by atomic mass is 10.1. The van der Waals surface area contributed by atoms with Crippen LogP contribution in [0.3, 0.4) is 0 Å². The monoisotopic (exact) mass is 401 g/mol. The van der Waals surface area contributed by atoms with Crippen molar-refractivity contribution in [3.05, 3.63) is 94.0 Å². The van der Waals surface area contributed by atoms with Crippen molar-refractivity contribution < 1.29 is 14.5 Å². The van der Waals surface area contributed by atoms with Crippen LogP contribution in [0.1, 0.15) is 11.1 Å². The Morgan fingerprint density at radius 1 is 1.00 bits per heavy atom. The van der Waals surface area contributed by atoms with Gasteiger partial charge in [-0.1, -0.05) is 36.1 Å². The van der Waals surface area contributed by atoms with Crippen molar-refractivity contribution in [2.75, 3.05) is 24.3 Å². The fourth-order valence-electron chi connectivity index (χ4n) is 2.64. The number of nitrogens with one attached hydrogen (secondary N) is 2. The van der Waals surface area contributed by atoms with Crippen molar-refractivity contribution in [3.8, 4) is 17.6 Å². The first kappa shape index (κ1) is 20.4. The highest BCUT2D eigenvalue weighted by Crippen LogP contribution is 2.28. The number of nitro benzene ring substituents is 1. The van der Waals surface area contributed by atoms with Gasteiger partial charge in [-0.2, -0.15) is 0 Å². The number of anilines is 2. The summed E-state index contributed by atoms with van der Waals surface area (Å²) in [6.07, 6.45) is 0. The van der Waals surface area contributed by atoms with E-state index in [1.54, 1.807) is 6.07 Å². The van der Waals surface area contributed by atoms with Crippen LogP contribution in [0.25, 0.3) is 0 Å². The third-order valence-electron chi connectivity index (χ3n) is 4.12. The maximum Gasteiger partial charge on any atom is 0.296 e. The maximum absolute atomic E-state index is 12.3. The highest BCUT2D eigenvalue weighted by atomic mass is 16.6. The van der Waals surface area contributed by atoms with Crippen LogP contribution >= 0.6 is 0 Å². The van der Waals surface area contributed by atoms with Gasteiger partial charge in [0.2, 0.25) is 5.91 Å². The van der Waals surface area contributed by atoms with Gasteiger partial charge in [-0.15, -0.1) is 0 Å². The molecule has 7 nitrogen and oxygen atoms in total. The summed E-state index contributed by atoms with van der Waals surface area (Å²) in [6, 6.07) is 21.2. The maximum atomic E-state index is 12.3. The number of hydrogen-bond donors (Lipinski definition) is 2. The summed E-state index contributed by atoms with van der Waals surface area (Å²) >= 11 is 0. The molecule has 30 heavy (non-hydrogen) atoms. The normalized spacial score (nSPS) is 9.77. The van der Waals surface area contributed by atoms with Crippen LogP contribution in [0.15, 0.2) is 72.8 Å². The van der Waals surface area contributed by atoms with Crippen LogP contribution in [-0.4, -0.2) is 24.5 Å². The number of ether oxygens (including phenoxy) is 1. The smallest absolute Gasteiger partial charge is 0.296 e. The first-order chi connectivity index (χ1) is 14.5. The molecule has 3 aromatic carbocycles. The fourth-order valence-corrected chi connectivity index (χ4v) is 2.64. The average molecular weight is 401 g/mol. The molecule has 0 radical (unpaired) electrons. The van der Waals surface area contributed by atoms with E-state index in [0.29, 0.717) is 11.4 Å². The molecule has 2 N–H and O–H groups in total. The first-order valence-corrected chi connectivity index (χ1v) is 9.08. The molecule has 0 aromatic heterocycles. The molecule has 0 fully saturated rings. The van der Waals surface area contributed by atoms with Crippen LogP contribution in [-0.2, 0) is 4.79 Å². The average Bonchev–Trinajstić information content (AvgIpc) is 2.77. The second-order valence-electron chi connectivity index (χ2n) is 6.24. The minimum atomic E-state index is -0.569. The Hall–Kier alpha value is -4.31. The molecule has 0 spiro atoms. The van der Waals surface area contributed by atoms with Gasteiger partial charge in [0.1, 0.15) is 11.4 Å². The van der Waals surface area contributed by atoms with E-state index >= 15 is 0 Å². The van der Waals surface area contributed by atoms with Crippen LogP contribution in [0, 0.1) is 22.0 Å². The van der Waals surface area contributed by atoms with Gasteiger partial charge in [0.15, 0.2) is 0 Å². The zero-order valence-electron chi connectivity index (χ0n) is 16.2. The lowest BCUT2D eigenvalue weighted by Crippen LogP contribution is -2.22. The van der Waals surface area contributed by atoms with Gasteiger partial charge in [-0.3, -0.25) is 14.9 Å². The molecule has 3 rings (SSSR count). The quantitative estimate of drug-likeness (QED) is 0.369. The third-order valence-corrected chi connectivity index (χ3v) is 4.12. The van der Waals surface area contributed by atoms with Gasteiger partial charge >= 0.3 is 0 Å². The molecule has 0 saturated heterocycles. The molecule has 0 aliphatic rings. The fraction of sp³-hybridized carbons (Fsp3) is 0.0870. The summed E-state index contributed by atoms with van der Waals surface area (Å²) in [4.78, 5) is 22.9. The summed E-state index contributed by atoms with van der Waals surface area (Å²) < 4.78 is 4.99. The Balaban J connectivity index is 1.63. The van der Waals surface area contributed by atoms with Crippen molar-refractivity contribution >= 4 is 23.0 Å². The van der Waals surface area contributed by atoms with Gasteiger partial charge in [-0.05, 0) is 42.5 Å². The number of benzene rings is 3.